The number of nitrogens with one attached hydrogen (secondary N) is 2. The van der Waals surface area contributed by atoms with E-state index in [1.165, 1.54) is 6.07 Å². The quantitative estimate of drug-likeness (QED) is 0.414. The van der Waals surface area contributed by atoms with Crippen LogP contribution in [0.15, 0.2) is 53.4 Å². The lowest BCUT2D eigenvalue weighted by Crippen LogP contribution is -2.54. The maximum Gasteiger partial charge on any atom is 0.409 e. The third-order valence-electron chi connectivity index (χ3n) is 9.42. The van der Waals surface area contributed by atoms with Gasteiger partial charge in [0, 0.05) is 31.7 Å². The molecule has 3 aliphatic rings. The largest absolute Gasteiger partial charge is 0.487 e. The molecule has 1 saturated carbocycles. The summed E-state index contributed by atoms with van der Waals surface area (Å²) in [6.45, 7) is 7.29. The number of amides is 2. The van der Waals surface area contributed by atoms with Crippen LogP contribution >= 0.6 is 11.6 Å². The summed E-state index contributed by atoms with van der Waals surface area (Å²) >= 11 is 6.33. The molecule has 2 amide bonds. The van der Waals surface area contributed by atoms with E-state index in [9.17, 15) is 18.0 Å². The van der Waals surface area contributed by atoms with Gasteiger partial charge in [-0.25, -0.2) is 17.9 Å². The van der Waals surface area contributed by atoms with Crippen molar-refractivity contribution in [1.29, 1.82) is 0 Å². The molecule has 0 spiro atoms. The highest BCUT2D eigenvalue weighted by molar-refractivity contribution is 7.90. The van der Waals surface area contributed by atoms with Gasteiger partial charge in [-0.15, -0.1) is 0 Å². The van der Waals surface area contributed by atoms with Crippen molar-refractivity contribution in [2.24, 2.45) is 11.8 Å². The molecule has 2 N–H and O–H groups in total. The molecule has 5 rings (SSSR count). The first-order valence-electron chi connectivity index (χ1n) is 16.1. The van der Waals surface area contributed by atoms with Crippen LogP contribution in [-0.4, -0.2) is 70.2 Å². The lowest BCUT2D eigenvalue weighted by atomic mass is 9.68. The summed E-state index contributed by atoms with van der Waals surface area (Å²) in [5.74, 6) is 0.285. The van der Waals surface area contributed by atoms with Crippen LogP contribution < -0.4 is 19.7 Å². The van der Waals surface area contributed by atoms with Crippen LogP contribution in [0.25, 0.3) is 0 Å². The number of hydrogen-bond donors (Lipinski definition) is 2. The van der Waals surface area contributed by atoms with Gasteiger partial charge in [0.2, 0.25) is 0 Å². The number of rotatable bonds is 2. The number of benzene rings is 2. The monoisotopic (exact) mass is 672 g/mol. The highest BCUT2D eigenvalue weighted by Crippen LogP contribution is 2.42. The molecule has 1 fully saturated rings. The molecule has 10 nitrogen and oxygen atoms in total. The summed E-state index contributed by atoms with van der Waals surface area (Å²) in [7, 11) is -2.42. The van der Waals surface area contributed by atoms with Crippen LogP contribution in [0.3, 0.4) is 0 Å². The summed E-state index contributed by atoms with van der Waals surface area (Å²) in [6.07, 6.45) is 8.06. The van der Waals surface area contributed by atoms with E-state index in [0.717, 1.165) is 43.2 Å². The Morgan fingerprint density at radius 3 is 2.70 bits per heavy atom. The second-order valence-electron chi connectivity index (χ2n) is 12.9. The van der Waals surface area contributed by atoms with Gasteiger partial charge in [0.1, 0.15) is 12.4 Å². The maximum atomic E-state index is 13.6. The van der Waals surface area contributed by atoms with Gasteiger partial charge in [-0.1, -0.05) is 29.8 Å². The SMILES string of the molecule is CCOC(=O)N(C)[C@@H]1/C=C/CNC(C)(C)C(=O)NS(=O)(=O)c2ccc3c(c2)N(CCCCc2cc(Cl)ccc2CO3)C[C@@H]2CC[C@H]21. The predicted octanol–water partition coefficient (Wildman–Crippen LogP) is 5.29. The Bertz CT molecular complexity index is 1580. The van der Waals surface area contributed by atoms with Crippen molar-refractivity contribution < 1.29 is 27.5 Å². The molecule has 46 heavy (non-hydrogen) atoms. The number of hydrogen-bond acceptors (Lipinski definition) is 8. The predicted molar refractivity (Wildman–Crippen MR) is 179 cm³/mol. The van der Waals surface area contributed by atoms with Gasteiger partial charge in [-0.3, -0.25) is 4.79 Å². The molecule has 2 heterocycles. The molecule has 2 aliphatic heterocycles. The standard InChI is InChI=1S/C34H45ClN4O6S/c1-5-44-33(41)38(4)29-10-8-17-36-34(2,3)32(40)37-46(42,43)27-14-16-31-30(20-27)39(21-24-12-15-28(24)29)18-7-6-9-23-19-26(35)13-11-25(23)22-45-31/h8,10-11,13-14,16,19-20,24,28-29,36H,5-7,9,12,15,17-18,21-22H2,1-4H3,(H,37,40)/b10-8+/t24-,28+,29+/m0/s1. The molecule has 0 unspecified atom stereocenters. The van der Waals surface area contributed by atoms with Crippen LogP contribution in [-0.2, 0) is 32.6 Å². The van der Waals surface area contributed by atoms with E-state index in [2.05, 4.69) is 14.9 Å². The highest BCUT2D eigenvalue weighted by Gasteiger charge is 2.41. The van der Waals surface area contributed by atoms with Crippen molar-refractivity contribution >= 4 is 39.3 Å². The van der Waals surface area contributed by atoms with E-state index >= 15 is 0 Å². The van der Waals surface area contributed by atoms with Crippen LogP contribution in [0.5, 0.6) is 5.75 Å². The number of nitrogens with zero attached hydrogens (tertiary/aromatic N) is 2. The third kappa shape index (κ3) is 7.64. The zero-order valence-corrected chi connectivity index (χ0v) is 28.6. The fourth-order valence-electron chi connectivity index (χ4n) is 6.46. The first-order chi connectivity index (χ1) is 21.9. The van der Waals surface area contributed by atoms with E-state index < -0.39 is 21.5 Å². The van der Waals surface area contributed by atoms with Gasteiger partial charge in [-0.2, -0.15) is 0 Å². The van der Waals surface area contributed by atoms with Crippen molar-refractivity contribution in [2.75, 3.05) is 38.2 Å². The number of ether oxygens (including phenoxy) is 2. The molecule has 250 valence electrons. The Labute approximate surface area is 277 Å². The van der Waals surface area contributed by atoms with Gasteiger partial charge < -0.3 is 24.6 Å². The lowest BCUT2D eigenvalue weighted by molar-refractivity contribution is -0.124. The lowest BCUT2D eigenvalue weighted by Gasteiger charge is -2.46. The van der Waals surface area contributed by atoms with Gasteiger partial charge in [0.25, 0.3) is 15.9 Å². The zero-order chi connectivity index (χ0) is 33.1. The van der Waals surface area contributed by atoms with Crippen LogP contribution in [0, 0.1) is 11.8 Å². The second-order valence-corrected chi connectivity index (χ2v) is 15.0. The van der Waals surface area contributed by atoms with Crippen LogP contribution in [0.4, 0.5) is 10.5 Å². The van der Waals surface area contributed by atoms with Crippen molar-refractivity contribution in [1.82, 2.24) is 14.9 Å². The number of aryl methyl sites for hydroxylation is 1. The Morgan fingerprint density at radius 2 is 1.96 bits per heavy atom. The molecule has 2 aromatic rings. The van der Waals surface area contributed by atoms with E-state index in [1.54, 1.807) is 44.9 Å². The van der Waals surface area contributed by atoms with E-state index in [1.807, 2.05) is 30.4 Å². The van der Waals surface area contributed by atoms with Gasteiger partial charge in [-0.05, 0) is 106 Å². The molecule has 1 aliphatic carbocycles. The van der Waals surface area contributed by atoms with Gasteiger partial charge in [0.05, 0.1) is 28.8 Å². The van der Waals surface area contributed by atoms with Gasteiger partial charge in [0.15, 0.2) is 0 Å². The van der Waals surface area contributed by atoms with Crippen LogP contribution in [0.2, 0.25) is 5.02 Å². The molecule has 2 aromatic carbocycles. The number of sulfonamides is 1. The first kappa shape index (κ1) is 34.1. The molecular formula is C34H45ClN4O6S. The van der Waals surface area contributed by atoms with Crippen LogP contribution in [0.1, 0.15) is 57.6 Å². The first-order valence-corrected chi connectivity index (χ1v) is 17.9. The number of carbonyl (C=O) groups is 2. The summed E-state index contributed by atoms with van der Waals surface area (Å²) < 4.78 is 41.2. The highest BCUT2D eigenvalue weighted by atomic mass is 35.5. The molecule has 0 radical (unpaired) electrons. The second kappa shape index (κ2) is 14.2. The fourth-order valence-corrected chi connectivity index (χ4v) is 7.78. The van der Waals surface area contributed by atoms with Crippen molar-refractivity contribution in [3.63, 3.8) is 0 Å². The number of carbonyl (C=O) groups excluding carboxylic acids is 2. The minimum atomic E-state index is -4.19. The minimum Gasteiger partial charge on any atom is -0.487 e. The van der Waals surface area contributed by atoms with E-state index in [0.29, 0.717) is 42.7 Å². The molecule has 0 saturated heterocycles. The van der Waals surface area contributed by atoms with Crippen molar-refractivity contribution in [3.8, 4) is 5.75 Å². The Morgan fingerprint density at radius 1 is 1.15 bits per heavy atom. The zero-order valence-electron chi connectivity index (χ0n) is 27.1. The number of fused-ring (bicyclic) bond motifs is 3. The minimum absolute atomic E-state index is 0.0110. The van der Waals surface area contributed by atoms with Gasteiger partial charge >= 0.3 is 6.09 Å². The fraction of sp³-hybridized carbons (Fsp3) is 0.529. The summed E-state index contributed by atoms with van der Waals surface area (Å²) in [4.78, 5) is 30.0. The maximum absolute atomic E-state index is 13.6. The molecular weight excluding hydrogens is 628 g/mol. The number of halogens is 1. The van der Waals surface area contributed by atoms with E-state index in [4.69, 9.17) is 21.1 Å². The summed E-state index contributed by atoms with van der Waals surface area (Å²) in [5.41, 5.74) is 1.64. The van der Waals surface area contributed by atoms with Crippen molar-refractivity contribution in [3.05, 3.63) is 64.7 Å². The molecule has 12 heteroatoms. The smallest absolute Gasteiger partial charge is 0.409 e. The Hall–Kier alpha value is -3.28. The number of anilines is 1. The molecule has 2 bridgehead atoms. The Kier molecular flexibility index (Phi) is 10.5. The Balaban J connectivity index is 1.57. The normalized spacial score (nSPS) is 25.2. The molecule has 3 atom stereocenters. The average molecular weight is 673 g/mol. The summed E-state index contributed by atoms with van der Waals surface area (Å²) in [5, 5.41) is 3.82. The third-order valence-corrected chi connectivity index (χ3v) is 11.0. The molecule has 0 aromatic heterocycles. The summed E-state index contributed by atoms with van der Waals surface area (Å²) in [6, 6.07) is 10.4. The van der Waals surface area contributed by atoms with E-state index in [-0.39, 0.29) is 35.5 Å². The number of likely N-dealkylation sites (N-methyl/N-ethyl adjacent to an activating group) is 1. The van der Waals surface area contributed by atoms with Crippen molar-refractivity contribution in [2.45, 2.75) is 76.0 Å². The topological polar surface area (TPSA) is 117 Å². The average Bonchev–Trinajstić information content (AvgIpc) is 3.02.